The number of para-hydroxylation sites is 2. The van der Waals surface area contributed by atoms with Crippen molar-refractivity contribution in [2.45, 2.75) is 39.2 Å². The van der Waals surface area contributed by atoms with Gasteiger partial charge in [0, 0.05) is 18.2 Å². The lowest BCUT2D eigenvalue weighted by atomic mass is 9.94. The molecule has 0 fully saturated rings. The average Bonchev–Trinajstić information content (AvgIpc) is 2.40. The Bertz CT molecular complexity index is 510. The van der Waals surface area contributed by atoms with Crippen molar-refractivity contribution in [2.75, 3.05) is 6.54 Å². The van der Waals surface area contributed by atoms with Gasteiger partial charge in [0.15, 0.2) is 0 Å². The van der Waals surface area contributed by atoms with Crippen LogP contribution in [-0.4, -0.2) is 22.6 Å². The zero-order valence-electron chi connectivity index (χ0n) is 11.4. The van der Waals surface area contributed by atoms with Crippen LogP contribution < -0.4 is 5.32 Å². The molecule has 0 amide bonds. The molecule has 0 radical (unpaired) electrons. The van der Waals surface area contributed by atoms with Gasteiger partial charge in [0.1, 0.15) is 0 Å². The maximum atomic E-state index is 4.75. The molecule has 0 aliphatic rings. The molecule has 1 heterocycles. The lowest BCUT2D eigenvalue weighted by Crippen LogP contribution is -2.32. The third-order valence-electron chi connectivity index (χ3n) is 3.42. The number of hydrogen-bond donors (Lipinski definition) is 1. The van der Waals surface area contributed by atoms with Crippen LogP contribution in [0, 0.1) is 0 Å². The van der Waals surface area contributed by atoms with Crippen LogP contribution in [0.3, 0.4) is 0 Å². The van der Waals surface area contributed by atoms with E-state index in [9.17, 15) is 0 Å². The van der Waals surface area contributed by atoms with Crippen molar-refractivity contribution in [1.82, 2.24) is 15.3 Å². The monoisotopic (exact) mass is 243 g/mol. The molecule has 0 spiro atoms. The lowest BCUT2D eigenvalue weighted by molar-refractivity contribution is 0.453. The lowest BCUT2D eigenvalue weighted by Gasteiger charge is -2.22. The first-order valence-corrected chi connectivity index (χ1v) is 6.71. The molecule has 0 bridgehead atoms. The van der Waals surface area contributed by atoms with E-state index in [0.717, 1.165) is 29.7 Å². The molecule has 0 saturated carbocycles. The predicted molar refractivity (Wildman–Crippen MR) is 75.7 cm³/mol. The summed E-state index contributed by atoms with van der Waals surface area (Å²) < 4.78 is 0. The Hall–Kier alpha value is -1.48. The summed E-state index contributed by atoms with van der Waals surface area (Å²) in [5.74, 6) is 0.419. The number of rotatable bonds is 5. The Labute approximate surface area is 109 Å². The summed E-state index contributed by atoms with van der Waals surface area (Å²) >= 11 is 0. The van der Waals surface area contributed by atoms with Gasteiger partial charge in [-0.15, -0.1) is 0 Å². The molecule has 1 N–H and O–H groups in total. The SMILES string of the molecule is CCNC(C)C(CC)c1cnc2ccccc2n1. The molecule has 3 nitrogen and oxygen atoms in total. The van der Waals surface area contributed by atoms with Crippen LogP contribution in [0.1, 0.15) is 38.8 Å². The van der Waals surface area contributed by atoms with Gasteiger partial charge in [0.25, 0.3) is 0 Å². The minimum absolute atomic E-state index is 0.419. The smallest absolute Gasteiger partial charge is 0.0890 e. The number of fused-ring (bicyclic) bond motifs is 1. The van der Waals surface area contributed by atoms with Gasteiger partial charge in [-0.3, -0.25) is 4.98 Å². The Morgan fingerprint density at radius 2 is 1.89 bits per heavy atom. The van der Waals surface area contributed by atoms with E-state index in [-0.39, 0.29) is 0 Å². The molecule has 96 valence electrons. The van der Waals surface area contributed by atoms with Crippen molar-refractivity contribution >= 4 is 11.0 Å². The molecular weight excluding hydrogens is 222 g/mol. The summed E-state index contributed by atoms with van der Waals surface area (Å²) in [7, 11) is 0. The van der Waals surface area contributed by atoms with Crippen molar-refractivity contribution in [3.63, 3.8) is 0 Å². The van der Waals surface area contributed by atoms with E-state index in [2.05, 4.69) is 31.1 Å². The summed E-state index contributed by atoms with van der Waals surface area (Å²) in [4.78, 5) is 9.25. The quantitative estimate of drug-likeness (QED) is 0.876. The van der Waals surface area contributed by atoms with Crippen molar-refractivity contribution in [3.05, 3.63) is 36.2 Å². The minimum Gasteiger partial charge on any atom is -0.314 e. The molecule has 1 aromatic heterocycles. The molecule has 3 heteroatoms. The first kappa shape index (κ1) is 13.0. The second kappa shape index (κ2) is 5.91. The molecule has 0 aliphatic heterocycles. The van der Waals surface area contributed by atoms with E-state index < -0.39 is 0 Å². The standard InChI is InChI=1S/C15H21N3/c1-4-12(11(3)16-5-2)15-10-17-13-8-6-7-9-14(13)18-15/h6-12,16H,4-5H2,1-3H3. The van der Waals surface area contributed by atoms with Gasteiger partial charge in [-0.05, 0) is 32.0 Å². The number of aromatic nitrogens is 2. The highest BCUT2D eigenvalue weighted by Crippen LogP contribution is 2.22. The Morgan fingerprint density at radius 3 is 2.56 bits per heavy atom. The number of benzene rings is 1. The van der Waals surface area contributed by atoms with E-state index in [1.165, 1.54) is 0 Å². The van der Waals surface area contributed by atoms with Gasteiger partial charge in [0.2, 0.25) is 0 Å². The fourth-order valence-corrected chi connectivity index (χ4v) is 2.43. The van der Waals surface area contributed by atoms with Crippen molar-refractivity contribution in [2.24, 2.45) is 0 Å². The first-order chi connectivity index (χ1) is 8.76. The molecule has 2 aromatic rings. The van der Waals surface area contributed by atoms with Crippen LogP contribution in [0.15, 0.2) is 30.5 Å². The second-order valence-electron chi connectivity index (χ2n) is 4.64. The molecule has 0 aliphatic carbocycles. The van der Waals surface area contributed by atoms with Crippen molar-refractivity contribution in [3.8, 4) is 0 Å². The molecular formula is C15H21N3. The van der Waals surface area contributed by atoms with E-state index in [1.807, 2.05) is 30.5 Å². The van der Waals surface area contributed by atoms with Gasteiger partial charge < -0.3 is 5.32 Å². The van der Waals surface area contributed by atoms with Gasteiger partial charge in [-0.2, -0.15) is 0 Å². The number of hydrogen-bond acceptors (Lipinski definition) is 3. The predicted octanol–water partition coefficient (Wildman–Crippen LogP) is 3.12. The van der Waals surface area contributed by atoms with Gasteiger partial charge in [-0.1, -0.05) is 26.0 Å². The molecule has 1 aromatic carbocycles. The molecule has 18 heavy (non-hydrogen) atoms. The third-order valence-corrected chi connectivity index (χ3v) is 3.42. The number of nitrogens with zero attached hydrogens (tertiary/aromatic N) is 2. The van der Waals surface area contributed by atoms with E-state index in [1.54, 1.807) is 0 Å². The van der Waals surface area contributed by atoms with Crippen molar-refractivity contribution < 1.29 is 0 Å². The number of nitrogens with one attached hydrogen (secondary N) is 1. The summed E-state index contributed by atoms with van der Waals surface area (Å²) in [6.45, 7) is 7.54. The highest BCUT2D eigenvalue weighted by Gasteiger charge is 2.18. The minimum atomic E-state index is 0.419. The van der Waals surface area contributed by atoms with Crippen LogP contribution >= 0.6 is 0 Å². The van der Waals surface area contributed by atoms with E-state index in [0.29, 0.717) is 12.0 Å². The summed E-state index contributed by atoms with van der Waals surface area (Å²) in [6.07, 6.45) is 2.99. The van der Waals surface area contributed by atoms with E-state index >= 15 is 0 Å². The summed E-state index contributed by atoms with van der Waals surface area (Å²) in [5.41, 5.74) is 3.04. The molecule has 2 rings (SSSR count). The summed E-state index contributed by atoms with van der Waals surface area (Å²) in [6, 6.07) is 8.46. The fourth-order valence-electron chi connectivity index (χ4n) is 2.43. The number of likely N-dealkylation sites (N-methyl/N-ethyl adjacent to an activating group) is 1. The van der Waals surface area contributed by atoms with E-state index in [4.69, 9.17) is 4.98 Å². The maximum absolute atomic E-state index is 4.75. The maximum Gasteiger partial charge on any atom is 0.0890 e. The highest BCUT2D eigenvalue weighted by atomic mass is 14.9. The highest BCUT2D eigenvalue weighted by molar-refractivity contribution is 5.73. The van der Waals surface area contributed by atoms with Crippen molar-refractivity contribution in [1.29, 1.82) is 0 Å². The second-order valence-corrected chi connectivity index (χ2v) is 4.64. The van der Waals surface area contributed by atoms with Gasteiger partial charge in [0.05, 0.1) is 16.7 Å². The van der Waals surface area contributed by atoms with Crippen LogP contribution in [-0.2, 0) is 0 Å². The molecule has 2 atom stereocenters. The van der Waals surface area contributed by atoms with Crippen LogP contribution in [0.4, 0.5) is 0 Å². The summed E-state index contributed by atoms with van der Waals surface area (Å²) in [5, 5.41) is 3.48. The zero-order valence-corrected chi connectivity index (χ0v) is 11.4. The van der Waals surface area contributed by atoms with Crippen LogP contribution in [0.5, 0.6) is 0 Å². The fraction of sp³-hybridized carbons (Fsp3) is 0.467. The molecule has 2 unspecified atom stereocenters. The van der Waals surface area contributed by atoms with Crippen LogP contribution in [0.25, 0.3) is 11.0 Å². The topological polar surface area (TPSA) is 37.8 Å². The molecule has 0 saturated heterocycles. The zero-order chi connectivity index (χ0) is 13.0. The first-order valence-electron chi connectivity index (χ1n) is 6.71. The Kier molecular flexibility index (Phi) is 4.26. The Morgan fingerprint density at radius 1 is 1.17 bits per heavy atom. The average molecular weight is 243 g/mol. The third kappa shape index (κ3) is 2.67. The van der Waals surface area contributed by atoms with Gasteiger partial charge >= 0.3 is 0 Å². The largest absolute Gasteiger partial charge is 0.314 e. The normalized spacial score (nSPS) is 14.6. The Balaban J connectivity index is 2.33. The van der Waals surface area contributed by atoms with Crippen LogP contribution in [0.2, 0.25) is 0 Å². The van der Waals surface area contributed by atoms with Gasteiger partial charge in [-0.25, -0.2) is 4.98 Å².